The van der Waals surface area contributed by atoms with Crippen LogP contribution < -0.4 is 5.32 Å². The van der Waals surface area contributed by atoms with Crippen LogP contribution in [0.5, 0.6) is 0 Å². The van der Waals surface area contributed by atoms with E-state index in [1.54, 1.807) is 6.33 Å². The molecule has 20 heavy (non-hydrogen) atoms. The van der Waals surface area contributed by atoms with E-state index in [-0.39, 0.29) is 5.41 Å². The van der Waals surface area contributed by atoms with Crippen LogP contribution >= 0.6 is 0 Å². The van der Waals surface area contributed by atoms with Crippen molar-refractivity contribution in [3.63, 3.8) is 0 Å². The second-order valence-electron chi connectivity index (χ2n) is 5.45. The zero-order valence-electron chi connectivity index (χ0n) is 11.3. The number of benzene rings is 1. The third kappa shape index (κ3) is 2.45. The van der Waals surface area contributed by atoms with Crippen LogP contribution in [0.25, 0.3) is 0 Å². The molecule has 4 nitrogen and oxygen atoms in total. The summed E-state index contributed by atoms with van der Waals surface area (Å²) in [5.41, 5.74) is 2.01. The molecule has 1 fully saturated rings. The van der Waals surface area contributed by atoms with E-state index in [0.29, 0.717) is 6.04 Å². The van der Waals surface area contributed by atoms with Gasteiger partial charge in [0.1, 0.15) is 0 Å². The molecule has 0 amide bonds. The molecule has 0 spiro atoms. The van der Waals surface area contributed by atoms with Gasteiger partial charge >= 0.3 is 0 Å². The van der Waals surface area contributed by atoms with Gasteiger partial charge in [-0.1, -0.05) is 30.3 Å². The van der Waals surface area contributed by atoms with E-state index in [1.165, 1.54) is 0 Å². The van der Waals surface area contributed by atoms with Gasteiger partial charge in [0.25, 0.3) is 0 Å². The van der Waals surface area contributed by atoms with E-state index in [1.807, 2.05) is 24.4 Å². The molecule has 2 N–H and O–H groups in total. The molecule has 2 aromatic rings. The van der Waals surface area contributed by atoms with Crippen LogP contribution in [0.3, 0.4) is 0 Å². The van der Waals surface area contributed by atoms with Crippen LogP contribution in [-0.4, -0.2) is 22.6 Å². The summed E-state index contributed by atoms with van der Waals surface area (Å²) < 4.78 is 0. The number of aromatic nitrogens is 2. The van der Waals surface area contributed by atoms with E-state index in [9.17, 15) is 5.26 Å². The summed E-state index contributed by atoms with van der Waals surface area (Å²) in [5.74, 6) is 0. The zero-order valence-corrected chi connectivity index (χ0v) is 11.3. The summed E-state index contributed by atoms with van der Waals surface area (Å²) in [5, 5.41) is 13.0. The van der Waals surface area contributed by atoms with Gasteiger partial charge in [0.15, 0.2) is 0 Å². The lowest BCUT2D eigenvalue weighted by atomic mass is 9.62. The van der Waals surface area contributed by atoms with E-state index in [4.69, 9.17) is 0 Å². The van der Waals surface area contributed by atoms with E-state index in [0.717, 1.165) is 37.1 Å². The summed E-state index contributed by atoms with van der Waals surface area (Å²) in [6, 6.07) is 13.1. The minimum atomic E-state index is -0.285. The van der Waals surface area contributed by atoms with Crippen molar-refractivity contribution in [3.8, 4) is 6.07 Å². The SMILES string of the molecule is N#CC1(c2ccccc2)CC(NCCc2cnc[nH]2)C1. The number of hydrogen-bond acceptors (Lipinski definition) is 3. The minimum Gasteiger partial charge on any atom is -0.348 e. The smallest absolute Gasteiger partial charge is 0.0921 e. The molecule has 0 unspecified atom stereocenters. The Bertz CT molecular complexity index is 577. The van der Waals surface area contributed by atoms with Gasteiger partial charge in [0.2, 0.25) is 0 Å². The van der Waals surface area contributed by atoms with E-state index >= 15 is 0 Å². The third-order valence-corrected chi connectivity index (χ3v) is 4.11. The van der Waals surface area contributed by atoms with Gasteiger partial charge in [-0.15, -0.1) is 0 Å². The van der Waals surface area contributed by atoms with Gasteiger partial charge in [-0.2, -0.15) is 5.26 Å². The number of nitrogens with one attached hydrogen (secondary N) is 2. The van der Waals surface area contributed by atoms with Crippen molar-refractivity contribution in [2.24, 2.45) is 0 Å². The number of rotatable bonds is 5. The maximum Gasteiger partial charge on any atom is 0.0921 e. The highest BCUT2D eigenvalue weighted by molar-refractivity contribution is 5.36. The maximum atomic E-state index is 9.49. The van der Waals surface area contributed by atoms with Gasteiger partial charge < -0.3 is 10.3 Å². The summed E-state index contributed by atoms with van der Waals surface area (Å²) in [6.07, 6.45) is 6.30. The van der Waals surface area contributed by atoms with Crippen LogP contribution in [0.2, 0.25) is 0 Å². The van der Waals surface area contributed by atoms with Gasteiger partial charge in [0, 0.05) is 30.9 Å². The molecule has 4 heteroatoms. The lowest BCUT2D eigenvalue weighted by Gasteiger charge is -2.43. The van der Waals surface area contributed by atoms with Crippen molar-refractivity contribution in [2.75, 3.05) is 6.54 Å². The maximum absolute atomic E-state index is 9.49. The Balaban J connectivity index is 1.51. The fourth-order valence-electron chi connectivity index (χ4n) is 2.91. The van der Waals surface area contributed by atoms with Crippen molar-refractivity contribution < 1.29 is 0 Å². The molecule has 1 aromatic carbocycles. The first-order valence-corrected chi connectivity index (χ1v) is 7.00. The van der Waals surface area contributed by atoms with Gasteiger partial charge in [0.05, 0.1) is 17.8 Å². The second kappa shape index (κ2) is 5.48. The quantitative estimate of drug-likeness (QED) is 0.871. The van der Waals surface area contributed by atoms with Crippen molar-refractivity contribution in [2.45, 2.75) is 30.7 Å². The largest absolute Gasteiger partial charge is 0.348 e. The van der Waals surface area contributed by atoms with Crippen LogP contribution in [0.4, 0.5) is 0 Å². The molecule has 0 aliphatic heterocycles. The molecule has 3 rings (SSSR count). The highest BCUT2D eigenvalue weighted by Gasteiger charge is 2.45. The fraction of sp³-hybridized carbons (Fsp3) is 0.375. The number of imidazole rings is 1. The first kappa shape index (κ1) is 12.9. The average molecular weight is 266 g/mol. The summed E-state index contributed by atoms with van der Waals surface area (Å²) in [4.78, 5) is 7.10. The van der Waals surface area contributed by atoms with Crippen molar-refractivity contribution in [1.29, 1.82) is 5.26 Å². The van der Waals surface area contributed by atoms with Crippen molar-refractivity contribution in [3.05, 3.63) is 54.1 Å². The van der Waals surface area contributed by atoms with Gasteiger partial charge in [-0.25, -0.2) is 4.98 Å². The lowest BCUT2D eigenvalue weighted by Crippen LogP contribution is -2.51. The molecule has 1 heterocycles. The Morgan fingerprint density at radius 2 is 2.15 bits per heavy atom. The molecule has 0 radical (unpaired) electrons. The van der Waals surface area contributed by atoms with E-state index < -0.39 is 0 Å². The minimum absolute atomic E-state index is 0.285. The first-order chi connectivity index (χ1) is 9.82. The molecule has 1 aliphatic carbocycles. The Labute approximate surface area is 118 Å². The third-order valence-electron chi connectivity index (χ3n) is 4.11. The van der Waals surface area contributed by atoms with Gasteiger partial charge in [-0.05, 0) is 18.4 Å². The Morgan fingerprint density at radius 3 is 2.80 bits per heavy atom. The molecule has 0 bridgehead atoms. The number of hydrogen-bond donors (Lipinski definition) is 2. The Morgan fingerprint density at radius 1 is 1.35 bits per heavy atom. The van der Waals surface area contributed by atoms with Crippen LogP contribution in [0, 0.1) is 11.3 Å². The van der Waals surface area contributed by atoms with Gasteiger partial charge in [-0.3, -0.25) is 0 Å². The summed E-state index contributed by atoms with van der Waals surface area (Å²) >= 11 is 0. The van der Waals surface area contributed by atoms with Crippen LogP contribution in [-0.2, 0) is 11.8 Å². The number of H-pyrrole nitrogens is 1. The normalized spacial score (nSPS) is 24.9. The number of nitrogens with zero attached hydrogens (tertiary/aromatic N) is 2. The average Bonchev–Trinajstić information content (AvgIpc) is 2.96. The summed E-state index contributed by atoms with van der Waals surface area (Å²) in [6.45, 7) is 0.920. The van der Waals surface area contributed by atoms with Crippen LogP contribution in [0.15, 0.2) is 42.9 Å². The molecule has 0 saturated heterocycles. The van der Waals surface area contributed by atoms with Crippen LogP contribution in [0.1, 0.15) is 24.1 Å². The summed E-state index contributed by atoms with van der Waals surface area (Å²) in [7, 11) is 0. The molecule has 1 saturated carbocycles. The Kier molecular flexibility index (Phi) is 3.53. The Hall–Kier alpha value is -2.12. The highest BCUT2D eigenvalue weighted by Crippen LogP contribution is 2.43. The topological polar surface area (TPSA) is 64.5 Å². The molecule has 0 atom stereocenters. The molecular weight excluding hydrogens is 248 g/mol. The second-order valence-corrected chi connectivity index (χ2v) is 5.45. The van der Waals surface area contributed by atoms with Crippen molar-refractivity contribution in [1.82, 2.24) is 15.3 Å². The number of aromatic amines is 1. The predicted molar refractivity (Wildman–Crippen MR) is 77.0 cm³/mol. The standard InChI is InChI=1S/C16H18N4/c17-11-16(13-4-2-1-3-5-13)8-15(9-16)19-7-6-14-10-18-12-20-14/h1-5,10,12,15,19H,6-9H2,(H,18,20). The zero-order chi connectivity index (χ0) is 13.8. The molecule has 1 aromatic heterocycles. The molecule has 102 valence electrons. The fourth-order valence-corrected chi connectivity index (χ4v) is 2.91. The monoisotopic (exact) mass is 266 g/mol. The van der Waals surface area contributed by atoms with Crippen molar-refractivity contribution >= 4 is 0 Å². The first-order valence-electron chi connectivity index (χ1n) is 7.00. The molecule has 1 aliphatic rings. The molecular formula is C16H18N4. The number of nitriles is 1. The lowest BCUT2D eigenvalue weighted by molar-refractivity contribution is 0.228. The predicted octanol–water partition coefficient (Wildman–Crippen LogP) is 2.17. The van der Waals surface area contributed by atoms with E-state index in [2.05, 4.69) is 33.5 Å². The highest BCUT2D eigenvalue weighted by atomic mass is 14.9.